The van der Waals surface area contributed by atoms with Crippen LogP contribution in [-0.4, -0.2) is 54.6 Å². The summed E-state index contributed by atoms with van der Waals surface area (Å²) in [4.78, 5) is 12.5. The van der Waals surface area contributed by atoms with E-state index in [9.17, 15) is 4.79 Å². The lowest BCUT2D eigenvalue weighted by Gasteiger charge is -2.19. The highest BCUT2D eigenvalue weighted by Crippen LogP contribution is 1.88. The molecule has 6 heteroatoms. The molecule has 0 atom stereocenters. The van der Waals surface area contributed by atoms with Crippen molar-refractivity contribution in [3.8, 4) is 0 Å². The van der Waals surface area contributed by atoms with Crippen LogP contribution in [0.3, 0.4) is 0 Å². The Bertz CT molecular complexity index is 143. The molecule has 0 aromatic heterocycles. The molecule has 70 valence electrons. The summed E-state index contributed by atoms with van der Waals surface area (Å²) in [6.45, 7) is 2.49. The van der Waals surface area contributed by atoms with Crippen molar-refractivity contribution < 1.29 is 14.8 Å². The van der Waals surface area contributed by atoms with E-state index in [0.29, 0.717) is 6.54 Å². The van der Waals surface area contributed by atoms with Gasteiger partial charge in [0.1, 0.15) is 0 Å². The first kappa shape index (κ1) is 11.4. The van der Waals surface area contributed by atoms with Crippen LogP contribution in [0.15, 0.2) is 0 Å². The van der Waals surface area contributed by atoms with E-state index in [1.807, 2.05) is 0 Å². The van der Waals surface area contributed by atoms with E-state index in [1.165, 1.54) is 4.90 Å². The lowest BCUT2D eigenvalue weighted by Crippen LogP contribution is -2.43. The van der Waals surface area contributed by atoms with Crippen LogP contribution in [-0.2, 0) is 4.79 Å². The number of rotatable bonds is 5. The van der Waals surface area contributed by atoms with Crippen LogP contribution in [0.1, 0.15) is 6.92 Å². The quantitative estimate of drug-likeness (QED) is 0.424. The topological polar surface area (TPSA) is 72.8 Å². The van der Waals surface area contributed by atoms with Gasteiger partial charge < -0.3 is 20.3 Å². The lowest BCUT2D eigenvalue weighted by molar-refractivity contribution is -0.129. The van der Waals surface area contributed by atoms with Crippen molar-refractivity contribution in [2.75, 3.05) is 26.6 Å². The van der Waals surface area contributed by atoms with Crippen LogP contribution in [0.2, 0.25) is 0 Å². The largest absolute Gasteiger partial charge is 0.472 e. The normalized spacial score (nSPS) is 9.67. The third-order valence-corrected chi connectivity index (χ3v) is 1.45. The molecule has 5 nitrogen and oxygen atoms in total. The zero-order valence-corrected chi connectivity index (χ0v) is 7.45. The molecule has 0 heterocycles. The SMILES string of the molecule is CCN(CB(O)O)C(=O)CNC. The number of hydrogen-bond donors (Lipinski definition) is 3. The maximum Gasteiger partial charge on any atom is 0.472 e. The van der Waals surface area contributed by atoms with Crippen LogP contribution in [0, 0.1) is 0 Å². The second kappa shape index (κ2) is 5.99. The van der Waals surface area contributed by atoms with E-state index in [2.05, 4.69) is 5.32 Å². The van der Waals surface area contributed by atoms with Crippen molar-refractivity contribution in [3.63, 3.8) is 0 Å². The Hall–Kier alpha value is -0.585. The molecule has 0 rings (SSSR count). The van der Waals surface area contributed by atoms with Crippen LogP contribution in [0.25, 0.3) is 0 Å². The Morgan fingerprint density at radius 2 is 2.17 bits per heavy atom. The molecular formula is C6H15BN2O3. The van der Waals surface area contributed by atoms with E-state index < -0.39 is 7.12 Å². The van der Waals surface area contributed by atoms with Gasteiger partial charge in [0, 0.05) is 6.54 Å². The average molecular weight is 174 g/mol. The van der Waals surface area contributed by atoms with E-state index >= 15 is 0 Å². The van der Waals surface area contributed by atoms with Gasteiger partial charge >= 0.3 is 7.12 Å². The van der Waals surface area contributed by atoms with Gasteiger partial charge in [-0.2, -0.15) is 0 Å². The van der Waals surface area contributed by atoms with Gasteiger partial charge in [0.2, 0.25) is 5.91 Å². The maximum absolute atomic E-state index is 11.2. The lowest BCUT2D eigenvalue weighted by atomic mass is 9.91. The molecule has 0 aromatic carbocycles. The highest BCUT2D eigenvalue weighted by Gasteiger charge is 2.17. The number of hydrogen-bond acceptors (Lipinski definition) is 4. The number of likely N-dealkylation sites (N-methyl/N-ethyl adjacent to an activating group) is 2. The fourth-order valence-electron chi connectivity index (χ4n) is 0.867. The Morgan fingerprint density at radius 1 is 1.58 bits per heavy atom. The van der Waals surface area contributed by atoms with Gasteiger partial charge in [0.25, 0.3) is 0 Å². The van der Waals surface area contributed by atoms with Crippen molar-refractivity contribution in [2.45, 2.75) is 6.92 Å². The van der Waals surface area contributed by atoms with Gasteiger partial charge in [-0.3, -0.25) is 4.79 Å². The predicted molar refractivity (Wildman–Crippen MR) is 46.4 cm³/mol. The summed E-state index contributed by atoms with van der Waals surface area (Å²) in [7, 11) is 0.215. The number of carbonyl (C=O) groups is 1. The average Bonchev–Trinajstić information content (AvgIpc) is 2.00. The summed E-state index contributed by atoms with van der Waals surface area (Å²) >= 11 is 0. The standard InChI is InChI=1S/C6H15BN2O3/c1-3-9(5-7(11)12)6(10)4-8-2/h8,11-12H,3-5H2,1-2H3. The van der Waals surface area contributed by atoms with Crippen LogP contribution < -0.4 is 5.32 Å². The molecule has 0 spiro atoms. The molecule has 0 bridgehead atoms. The number of carbonyl (C=O) groups excluding carboxylic acids is 1. The summed E-state index contributed by atoms with van der Waals surface area (Å²) in [6.07, 6.45) is -0.0307. The van der Waals surface area contributed by atoms with E-state index in [1.54, 1.807) is 14.0 Å². The Kier molecular flexibility index (Phi) is 5.70. The highest BCUT2D eigenvalue weighted by atomic mass is 16.4. The van der Waals surface area contributed by atoms with Crippen molar-refractivity contribution in [1.29, 1.82) is 0 Å². The van der Waals surface area contributed by atoms with Gasteiger partial charge in [-0.1, -0.05) is 0 Å². The molecule has 0 fully saturated rings. The molecule has 0 radical (unpaired) electrons. The van der Waals surface area contributed by atoms with Gasteiger partial charge in [0.05, 0.1) is 13.0 Å². The number of amides is 1. The Labute approximate surface area is 72.5 Å². The number of nitrogens with one attached hydrogen (secondary N) is 1. The molecule has 0 saturated carbocycles. The zero-order chi connectivity index (χ0) is 9.56. The zero-order valence-electron chi connectivity index (χ0n) is 7.45. The minimum absolute atomic E-state index is 0.0307. The summed E-state index contributed by atoms with van der Waals surface area (Å²) < 4.78 is 0. The summed E-state index contributed by atoms with van der Waals surface area (Å²) in [5.41, 5.74) is 0. The van der Waals surface area contributed by atoms with Crippen LogP contribution in [0.4, 0.5) is 0 Å². The van der Waals surface area contributed by atoms with E-state index in [0.717, 1.165) is 0 Å². The second-order valence-electron chi connectivity index (χ2n) is 2.44. The molecule has 3 N–H and O–H groups in total. The molecule has 0 aromatic rings. The predicted octanol–water partition coefficient (Wildman–Crippen LogP) is -1.93. The highest BCUT2D eigenvalue weighted by molar-refractivity contribution is 6.41. The maximum atomic E-state index is 11.2. The van der Waals surface area contributed by atoms with Gasteiger partial charge in [0.15, 0.2) is 0 Å². The van der Waals surface area contributed by atoms with Gasteiger partial charge in [-0.25, -0.2) is 0 Å². The Morgan fingerprint density at radius 3 is 2.50 bits per heavy atom. The number of nitrogens with zero attached hydrogens (tertiary/aromatic N) is 1. The smallest absolute Gasteiger partial charge is 0.426 e. The molecule has 0 unspecified atom stereocenters. The van der Waals surface area contributed by atoms with E-state index in [4.69, 9.17) is 10.0 Å². The molecule has 0 aliphatic rings. The van der Waals surface area contributed by atoms with Crippen LogP contribution in [0.5, 0.6) is 0 Å². The Balaban J connectivity index is 3.87. The molecule has 0 saturated heterocycles. The third-order valence-electron chi connectivity index (χ3n) is 1.45. The second-order valence-corrected chi connectivity index (χ2v) is 2.44. The molecule has 1 amide bonds. The monoisotopic (exact) mass is 174 g/mol. The van der Waals surface area contributed by atoms with Crippen molar-refractivity contribution in [3.05, 3.63) is 0 Å². The first-order valence-electron chi connectivity index (χ1n) is 3.90. The molecular weight excluding hydrogens is 159 g/mol. The molecule has 0 aliphatic carbocycles. The first-order valence-corrected chi connectivity index (χ1v) is 3.90. The fourth-order valence-corrected chi connectivity index (χ4v) is 0.867. The third kappa shape index (κ3) is 4.33. The fraction of sp³-hybridized carbons (Fsp3) is 0.833. The first-order chi connectivity index (χ1) is 5.61. The van der Waals surface area contributed by atoms with Crippen molar-refractivity contribution >= 4 is 13.0 Å². The van der Waals surface area contributed by atoms with Crippen molar-refractivity contribution in [1.82, 2.24) is 10.2 Å². The minimum Gasteiger partial charge on any atom is -0.426 e. The molecule has 12 heavy (non-hydrogen) atoms. The summed E-state index contributed by atoms with van der Waals surface area (Å²) in [6, 6.07) is 0. The van der Waals surface area contributed by atoms with Crippen molar-refractivity contribution in [2.24, 2.45) is 0 Å². The molecule has 0 aliphatic heterocycles. The minimum atomic E-state index is -1.45. The van der Waals surface area contributed by atoms with Gasteiger partial charge in [-0.15, -0.1) is 0 Å². The van der Waals surface area contributed by atoms with Gasteiger partial charge in [-0.05, 0) is 14.0 Å². The van der Waals surface area contributed by atoms with Crippen LogP contribution >= 0.6 is 0 Å². The summed E-state index contributed by atoms with van der Waals surface area (Å²) in [5, 5.41) is 19.9. The summed E-state index contributed by atoms with van der Waals surface area (Å²) in [5.74, 6) is -0.131. The van der Waals surface area contributed by atoms with E-state index in [-0.39, 0.29) is 18.9 Å².